The highest BCUT2D eigenvalue weighted by Gasteiger charge is 2.16. The first kappa shape index (κ1) is 14.2. The number of benzene rings is 1. The first-order valence-electron chi connectivity index (χ1n) is 6.45. The van der Waals surface area contributed by atoms with Gasteiger partial charge < -0.3 is 4.57 Å². The predicted octanol–water partition coefficient (Wildman–Crippen LogP) is 0.760. The molecule has 0 unspecified atom stereocenters. The van der Waals surface area contributed by atoms with Gasteiger partial charge in [0.25, 0.3) is 5.56 Å². The number of imidazole rings is 1. The van der Waals surface area contributed by atoms with Crippen LogP contribution in [0.15, 0.2) is 34.1 Å². The van der Waals surface area contributed by atoms with Gasteiger partial charge in [-0.3, -0.25) is 13.9 Å². The summed E-state index contributed by atoms with van der Waals surface area (Å²) in [6, 6.07) is 3.84. The van der Waals surface area contributed by atoms with E-state index in [0.717, 1.165) is 10.6 Å². The fourth-order valence-corrected chi connectivity index (χ4v) is 2.37. The van der Waals surface area contributed by atoms with Crippen molar-refractivity contribution in [3.05, 3.63) is 62.6 Å². The molecule has 0 amide bonds. The van der Waals surface area contributed by atoms with Crippen LogP contribution in [-0.4, -0.2) is 18.7 Å². The molecule has 22 heavy (non-hydrogen) atoms. The number of hydrogen-bond donors (Lipinski definition) is 0. The van der Waals surface area contributed by atoms with Crippen molar-refractivity contribution >= 4 is 11.2 Å². The van der Waals surface area contributed by atoms with Gasteiger partial charge in [-0.1, -0.05) is 12.1 Å². The van der Waals surface area contributed by atoms with Crippen molar-refractivity contribution in [2.75, 3.05) is 0 Å². The van der Waals surface area contributed by atoms with Gasteiger partial charge in [-0.15, -0.1) is 0 Å². The Labute approximate surface area is 122 Å². The normalized spacial score (nSPS) is 11.3. The second-order valence-electron chi connectivity index (χ2n) is 4.96. The Kier molecular flexibility index (Phi) is 3.16. The van der Waals surface area contributed by atoms with Gasteiger partial charge in [-0.2, -0.15) is 0 Å². The van der Waals surface area contributed by atoms with Crippen LogP contribution >= 0.6 is 0 Å². The number of fused-ring (bicyclic) bond motifs is 1. The molecule has 8 heteroatoms. The maximum atomic E-state index is 13.8. The fraction of sp³-hybridized carbons (Fsp3) is 0.214. The lowest BCUT2D eigenvalue weighted by atomic mass is 10.2. The summed E-state index contributed by atoms with van der Waals surface area (Å²) in [5, 5.41) is 0. The Bertz CT molecular complexity index is 1000. The van der Waals surface area contributed by atoms with Crippen LogP contribution < -0.4 is 11.2 Å². The van der Waals surface area contributed by atoms with Crippen molar-refractivity contribution in [3.63, 3.8) is 0 Å². The summed E-state index contributed by atoms with van der Waals surface area (Å²) in [4.78, 5) is 28.1. The smallest absolute Gasteiger partial charge is 0.320 e. The highest BCUT2D eigenvalue weighted by Crippen LogP contribution is 2.15. The summed E-state index contributed by atoms with van der Waals surface area (Å²) < 4.78 is 30.6. The molecular weight excluding hydrogens is 294 g/mol. The molecule has 0 aliphatic carbocycles. The third kappa shape index (κ3) is 1.95. The highest BCUT2D eigenvalue weighted by molar-refractivity contribution is 5.70. The second kappa shape index (κ2) is 4.90. The lowest BCUT2D eigenvalue weighted by Gasteiger charge is -2.08. The van der Waals surface area contributed by atoms with Crippen molar-refractivity contribution in [1.29, 1.82) is 0 Å². The van der Waals surface area contributed by atoms with Crippen molar-refractivity contribution < 1.29 is 8.78 Å². The maximum Gasteiger partial charge on any atom is 0.332 e. The molecule has 0 radical (unpaired) electrons. The minimum absolute atomic E-state index is 0.0620. The van der Waals surface area contributed by atoms with E-state index in [1.807, 2.05) is 0 Å². The van der Waals surface area contributed by atoms with Gasteiger partial charge in [0.1, 0.15) is 0 Å². The molecule has 0 saturated carbocycles. The van der Waals surface area contributed by atoms with Gasteiger partial charge in [-0.25, -0.2) is 18.6 Å². The Morgan fingerprint density at radius 3 is 2.59 bits per heavy atom. The van der Waals surface area contributed by atoms with Gasteiger partial charge in [-0.05, 0) is 6.07 Å². The summed E-state index contributed by atoms with van der Waals surface area (Å²) in [6.45, 7) is -0.0620. The van der Waals surface area contributed by atoms with Crippen molar-refractivity contribution in [1.82, 2.24) is 18.7 Å². The summed E-state index contributed by atoms with van der Waals surface area (Å²) in [5.41, 5.74) is -0.583. The third-order valence-corrected chi connectivity index (χ3v) is 3.59. The third-order valence-electron chi connectivity index (χ3n) is 3.59. The van der Waals surface area contributed by atoms with Crippen LogP contribution in [-0.2, 0) is 20.6 Å². The average molecular weight is 306 g/mol. The van der Waals surface area contributed by atoms with Crippen LogP contribution in [0.2, 0.25) is 0 Å². The lowest BCUT2D eigenvalue weighted by Crippen LogP contribution is -2.37. The molecular formula is C14H12F2N4O2. The van der Waals surface area contributed by atoms with Crippen LogP contribution in [0.4, 0.5) is 8.78 Å². The molecule has 2 heterocycles. The monoisotopic (exact) mass is 306 g/mol. The van der Waals surface area contributed by atoms with E-state index in [2.05, 4.69) is 4.98 Å². The topological polar surface area (TPSA) is 61.8 Å². The molecule has 0 spiro atoms. The van der Waals surface area contributed by atoms with E-state index in [0.29, 0.717) is 0 Å². The number of nitrogens with zero attached hydrogens (tertiary/aromatic N) is 4. The number of aromatic nitrogens is 4. The summed E-state index contributed by atoms with van der Waals surface area (Å²) in [6.07, 6.45) is 1.33. The Hall–Kier alpha value is -2.77. The Morgan fingerprint density at radius 2 is 1.86 bits per heavy atom. The van der Waals surface area contributed by atoms with E-state index in [1.54, 1.807) is 0 Å². The number of aryl methyl sites for hydroxylation is 1. The molecule has 2 aromatic heterocycles. The van der Waals surface area contributed by atoms with Crippen LogP contribution in [0.25, 0.3) is 11.2 Å². The molecule has 0 N–H and O–H groups in total. The molecule has 0 saturated heterocycles. The first-order valence-corrected chi connectivity index (χ1v) is 6.45. The van der Waals surface area contributed by atoms with Gasteiger partial charge in [0.2, 0.25) is 0 Å². The second-order valence-corrected chi connectivity index (χ2v) is 4.96. The summed E-state index contributed by atoms with van der Waals surface area (Å²) in [7, 11) is 2.84. The SMILES string of the molecule is Cn1c(=O)c2c(ncn2Cc2cccc(F)c2F)n(C)c1=O. The standard InChI is InChI=1S/C14H12F2N4O2/c1-18-12-11(13(21)19(2)14(18)22)20(7-17-12)6-8-4-3-5-9(15)10(8)16/h3-5,7H,6H2,1-2H3. The van der Waals surface area contributed by atoms with Crippen LogP contribution in [0.3, 0.4) is 0 Å². The molecule has 1 aromatic carbocycles. The van der Waals surface area contributed by atoms with Crippen molar-refractivity contribution in [2.45, 2.75) is 6.54 Å². The molecule has 6 nitrogen and oxygen atoms in total. The largest absolute Gasteiger partial charge is 0.332 e. The zero-order valence-electron chi connectivity index (χ0n) is 11.9. The molecule has 0 atom stereocenters. The Morgan fingerprint density at radius 1 is 1.14 bits per heavy atom. The molecule has 3 aromatic rings. The van der Waals surface area contributed by atoms with Gasteiger partial charge in [0.05, 0.1) is 12.9 Å². The molecule has 0 fully saturated rings. The van der Waals surface area contributed by atoms with Crippen LogP contribution in [0.5, 0.6) is 0 Å². The van der Waals surface area contributed by atoms with Crippen LogP contribution in [0.1, 0.15) is 5.56 Å². The molecule has 3 rings (SSSR count). The van der Waals surface area contributed by atoms with Crippen molar-refractivity contribution in [3.8, 4) is 0 Å². The predicted molar refractivity (Wildman–Crippen MR) is 75.7 cm³/mol. The van der Waals surface area contributed by atoms with Gasteiger partial charge in [0, 0.05) is 19.7 Å². The zero-order chi connectivity index (χ0) is 16.0. The Balaban J connectivity index is 2.23. The quantitative estimate of drug-likeness (QED) is 0.702. The fourth-order valence-electron chi connectivity index (χ4n) is 2.37. The molecule has 0 aliphatic rings. The van der Waals surface area contributed by atoms with E-state index in [9.17, 15) is 18.4 Å². The average Bonchev–Trinajstić information content (AvgIpc) is 2.91. The van der Waals surface area contributed by atoms with Crippen molar-refractivity contribution in [2.24, 2.45) is 14.1 Å². The highest BCUT2D eigenvalue weighted by atomic mass is 19.2. The lowest BCUT2D eigenvalue weighted by molar-refractivity contribution is 0.496. The molecule has 0 bridgehead atoms. The van der Waals surface area contributed by atoms with E-state index >= 15 is 0 Å². The summed E-state index contributed by atoms with van der Waals surface area (Å²) in [5.74, 6) is -1.92. The van der Waals surface area contributed by atoms with E-state index < -0.39 is 22.9 Å². The number of hydrogen-bond acceptors (Lipinski definition) is 3. The molecule has 114 valence electrons. The van der Waals surface area contributed by atoms with E-state index in [-0.39, 0.29) is 23.3 Å². The number of rotatable bonds is 2. The van der Waals surface area contributed by atoms with Gasteiger partial charge in [0.15, 0.2) is 22.8 Å². The minimum Gasteiger partial charge on any atom is -0.320 e. The van der Waals surface area contributed by atoms with Gasteiger partial charge >= 0.3 is 5.69 Å². The number of halogens is 2. The zero-order valence-corrected chi connectivity index (χ0v) is 11.9. The molecule has 0 aliphatic heterocycles. The minimum atomic E-state index is -0.967. The first-order chi connectivity index (χ1) is 10.4. The van der Waals surface area contributed by atoms with E-state index in [4.69, 9.17) is 0 Å². The van der Waals surface area contributed by atoms with Crippen LogP contribution in [0, 0.1) is 11.6 Å². The maximum absolute atomic E-state index is 13.8. The summed E-state index contributed by atoms with van der Waals surface area (Å²) >= 11 is 0. The van der Waals surface area contributed by atoms with E-state index in [1.165, 1.54) is 41.7 Å².